The smallest absolute Gasteiger partial charge is 0.135 e. The maximum atomic E-state index is 10.1. The van der Waals surface area contributed by atoms with Gasteiger partial charge in [-0.2, -0.15) is 0 Å². The van der Waals surface area contributed by atoms with Crippen LogP contribution >= 0.6 is 0 Å². The molecule has 0 aliphatic heterocycles. The zero-order valence-corrected chi connectivity index (χ0v) is 20.7. The molecule has 8 nitrogen and oxygen atoms in total. The lowest BCUT2D eigenvalue weighted by molar-refractivity contribution is -0.301. The van der Waals surface area contributed by atoms with Gasteiger partial charge in [0.2, 0.25) is 0 Å². The van der Waals surface area contributed by atoms with Crippen molar-refractivity contribution in [1.82, 2.24) is 5.32 Å². The van der Waals surface area contributed by atoms with E-state index in [4.69, 9.17) is 4.74 Å². The van der Waals surface area contributed by atoms with Gasteiger partial charge in [-0.05, 0) is 57.2 Å². The predicted molar refractivity (Wildman–Crippen MR) is 132 cm³/mol. The third-order valence-corrected chi connectivity index (χ3v) is 4.26. The minimum absolute atomic E-state index is 0.0375. The number of benzene rings is 2. The Morgan fingerprint density at radius 3 is 2.06 bits per heavy atom. The Kier molecular flexibility index (Phi) is 12.1. The van der Waals surface area contributed by atoms with E-state index < -0.39 is 18.0 Å². The van der Waals surface area contributed by atoms with E-state index in [0.717, 1.165) is 16.8 Å². The molecular formula is C27H32N2O6-2. The van der Waals surface area contributed by atoms with Gasteiger partial charge in [0, 0.05) is 31.7 Å². The molecule has 0 radical (unpaired) electrons. The number of aliphatic hydroxyl groups is 1. The van der Waals surface area contributed by atoms with E-state index in [0.29, 0.717) is 24.4 Å². The van der Waals surface area contributed by atoms with Crippen LogP contribution in [0.25, 0.3) is 0 Å². The summed E-state index contributed by atoms with van der Waals surface area (Å²) < 4.78 is 5.83. The number of aliphatic hydroxyl groups excluding tert-OH is 1. The maximum absolute atomic E-state index is 10.1. The van der Waals surface area contributed by atoms with Crippen LogP contribution in [0, 0.1) is 11.8 Å². The second kappa shape index (κ2) is 14.5. The first kappa shape index (κ1) is 29.2. The molecule has 2 N–H and O–H groups in total. The molecule has 0 saturated heterocycles. The van der Waals surface area contributed by atoms with Crippen molar-refractivity contribution in [1.29, 1.82) is 0 Å². The number of β-amino-alcohol motifs (C(OH)–C–C–N with tert-alkyl or cyclic N) is 1. The highest BCUT2D eigenvalue weighted by atomic mass is 16.5. The van der Waals surface area contributed by atoms with Crippen molar-refractivity contribution < 1.29 is 29.6 Å². The molecule has 1 atom stereocenters. The average molecular weight is 481 g/mol. The van der Waals surface area contributed by atoms with Crippen molar-refractivity contribution >= 4 is 17.6 Å². The number of carbonyl (C=O) groups excluding carboxylic acids is 2. The largest absolute Gasteiger partial charge is 0.545 e. The van der Waals surface area contributed by atoms with Crippen LogP contribution in [-0.4, -0.2) is 55.9 Å². The Bertz CT molecular complexity index is 1050. The third kappa shape index (κ3) is 12.9. The van der Waals surface area contributed by atoms with Crippen LogP contribution in [0.1, 0.15) is 31.9 Å². The number of carboxylic acid groups (broad SMARTS) is 2. The standard InChI is InChI=1S/C23H30N2O2.C4H4O4/c1-23(2,3)24-16-20(26)17-27-22-13-9-7-11-19(22)15-14-18-10-6-8-12-21(18)25(4)5;5-3(6)1-2-4(7)8/h6-13,20,24,26H,16-17H2,1-5H3;1-2H,(H,5,6)(H,7,8)/p-2. The number of hydrogen-bond acceptors (Lipinski definition) is 8. The number of nitrogens with zero attached hydrogens (tertiary/aromatic N) is 1. The number of anilines is 1. The normalized spacial score (nSPS) is 11.5. The number of rotatable bonds is 8. The second-order valence-electron chi connectivity index (χ2n) is 8.72. The first-order valence-corrected chi connectivity index (χ1v) is 10.9. The molecule has 0 aromatic heterocycles. The van der Waals surface area contributed by atoms with Crippen LogP contribution in [0.3, 0.4) is 0 Å². The average Bonchev–Trinajstić information content (AvgIpc) is 2.79. The Labute approximate surface area is 206 Å². The molecule has 0 spiro atoms. The van der Waals surface area contributed by atoms with Crippen LogP contribution in [0.5, 0.6) is 5.75 Å². The van der Waals surface area contributed by atoms with Gasteiger partial charge in [0.15, 0.2) is 0 Å². The molecule has 2 rings (SSSR count). The van der Waals surface area contributed by atoms with Gasteiger partial charge in [0.05, 0.1) is 23.2 Å². The highest BCUT2D eigenvalue weighted by Gasteiger charge is 2.13. The van der Waals surface area contributed by atoms with Crippen LogP contribution < -0.4 is 25.2 Å². The van der Waals surface area contributed by atoms with Gasteiger partial charge in [-0.25, -0.2) is 0 Å². The van der Waals surface area contributed by atoms with Crippen molar-refractivity contribution in [3.05, 3.63) is 71.8 Å². The molecule has 35 heavy (non-hydrogen) atoms. The van der Waals surface area contributed by atoms with E-state index in [9.17, 15) is 24.9 Å². The molecule has 8 heteroatoms. The van der Waals surface area contributed by atoms with Crippen LogP contribution in [0.15, 0.2) is 60.7 Å². The van der Waals surface area contributed by atoms with Crippen molar-refractivity contribution in [2.24, 2.45) is 0 Å². The predicted octanol–water partition coefficient (Wildman–Crippen LogP) is 0.323. The maximum Gasteiger partial charge on any atom is 0.135 e. The zero-order chi connectivity index (χ0) is 26.4. The summed E-state index contributed by atoms with van der Waals surface area (Å²) in [4.78, 5) is 20.9. The highest BCUT2D eigenvalue weighted by Crippen LogP contribution is 2.19. The molecule has 2 aromatic carbocycles. The number of hydrogen-bond donors (Lipinski definition) is 2. The van der Waals surface area contributed by atoms with Crippen molar-refractivity contribution in [3.8, 4) is 17.6 Å². The zero-order valence-electron chi connectivity index (χ0n) is 20.7. The summed E-state index contributed by atoms with van der Waals surface area (Å²) in [6, 6.07) is 15.7. The molecule has 0 fully saturated rings. The number of carbonyl (C=O) groups is 2. The van der Waals surface area contributed by atoms with Gasteiger partial charge in [-0.1, -0.05) is 36.1 Å². The number of nitrogens with one attached hydrogen (secondary N) is 1. The Hall–Kier alpha value is -3.80. The number of para-hydroxylation sites is 2. The molecule has 1 unspecified atom stereocenters. The van der Waals surface area contributed by atoms with Crippen LogP contribution in [-0.2, 0) is 9.59 Å². The fraction of sp³-hybridized carbons (Fsp3) is 0.333. The molecule has 0 saturated carbocycles. The topological polar surface area (TPSA) is 125 Å². The Morgan fingerprint density at radius 1 is 1.00 bits per heavy atom. The summed E-state index contributed by atoms with van der Waals surface area (Å²) >= 11 is 0. The molecule has 2 aromatic rings. The minimum Gasteiger partial charge on any atom is -0.545 e. The van der Waals surface area contributed by atoms with Gasteiger partial charge in [-0.3, -0.25) is 0 Å². The summed E-state index contributed by atoms with van der Waals surface area (Å²) in [6.45, 7) is 6.90. The lowest BCUT2D eigenvalue weighted by atomic mass is 10.1. The molecule has 0 bridgehead atoms. The summed E-state index contributed by atoms with van der Waals surface area (Å²) in [7, 11) is 4.01. The summed E-state index contributed by atoms with van der Waals surface area (Å²) in [5.74, 6) is 4.03. The lowest BCUT2D eigenvalue weighted by Gasteiger charge is -2.23. The molecule has 188 valence electrons. The molecular weight excluding hydrogens is 448 g/mol. The number of carboxylic acids is 2. The first-order valence-electron chi connectivity index (χ1n) is 10.9. The lowest BCUT2D eigenvalue weighted by Crippen LogP contribution is -2.42. The SMILES string of the molecule is CN(C)c1ccccc1C#Cc1ccccc1OCC(O)CNC(C)(C)C.O=C([O-])C=CC(=O)[O-]. The van der Waals surface area contributed by atoms with Gasteiger partial charge < -0.3 is 39.9 Å². The van der Waals surface area contributed by atoms with Crippen molar-refractivity contribution in [2.75, 3.05) is 32.1 Å². The van der Waals surface area contributed by atoms with Gasteiger partial charge in [0.1, 0.15) is 18.5 Å². The summed E-state index contributed by atoms with van der Waals surface area (Å²) in [6.07, 6.45) is 0.185. The van der Waals surface area contributed by atoms with Crippen LogP contribution in [0.4, 0.5) is 5.69 Å². The van der Waals surface area contributed by atoms with E-state index in [2.05, 4.69) is 37.9 Å². The first-order chi connectivity index (χ1) is 16.4. The van der Waals surface area contributed by atoms with Crippen LogP contribution in [0.2, 0.25) is 0 Å². The molecule has 0 heterocycles. The van der Waals surface area contributed by atoms with E-state index in [-0.39, 0.29) is 12.1 Å². The Morgan fingerprint density at radius 2 is 1.51 bits per heavy atom. The molecule has 0 amide bonds. The minimum atomic E-state index is -1.55. The number of aliphatic carboxylic acids is 2. The quantitative estimate of drug-likeness (QED) is 0.409. The Balaban J connectivity index is 0.000000658. The van der Waals surface area contributed by atoms with Gasteiger partial charge in [0.25, 0.3) is 0 Å². The van der Waals surface area contributed by atoms with Gasteiger partial charge in [-0.15, -0.1) is 0 Å². The van der Waals surface area contributed by atoms with Crippen molar-refractivity contribution in [3.63, 3.8) is 0 Å². The third-order valence-electron chi connectivity index (χ3n) is 4.26. The van der Waals surface area contributed by atoms with Gasteiger partial charge >= 0.3 is 0 Å². The fourth-order valence-electron chi connectivity index (χ4n) is 2.60. The monoisotopic (exact) mass is 480 g/mol. The summed E-state index contributed by atoms with van der Waals surface area (Å²) in [5, 5.41) is 32.2. The van der Waals surface area contributed by atoms with Crippen molar-refractivity contribution in [2.45, 2.75) is 32.4 Å². The fourth-order valence-corrected chi connectivity index (χ4v) is 2.60. The highest BCUT2D eigenvalue weighted by molar-refractivity contribution is 5.87. The second-order valence-corrected chi connectivity index (χ2v) is 8.72. The van der Waals surface area contributed by atoms with E-state index >= 15 is 0 Å². The van der Waals surface area contributed by atoms with E-state index in [1.807, 2.05) is 67.5 Å². The van der Waals surface area contributed by atoms with E-state index in [1.54, 1.807) is 0 Å². The molecule has 0 aliphatic rings. The molecule has 0 aliphatic carbocycles. The van der Waals surface area contributed by atoms with E-state index in [1.165, 1.54) is 0 Å². The summed E-state index contributed by atoms with van der Waals surface area (Å²) in [5.41, 5.74) is 2.81. The number of ether oxygens (including phenoxy) is 1.